The van der Waals surface area contributed by atoms with Gasteiger partial charge in [-0.15, -0.1) is 0 Å². The Labute approximate surface area is 194 Å². The lowest BCUT2D eigenvalue weighted by atomic mass is 9.77. The van der Waals surface area contributed by atoms with E-state index in [1.54, 1.807) is 20.0 Å². The number of fused-ring (bicyclic) bond motifs is 2. The number of rotatable bonds is 7. The van der Waals surface area contributed by atoms with Crippen LogP contribution in [0.5, 0.6) is 5.88 Å². The highest BCUT2D eigenvalue weighted by atomic mass is 16.5. The Morgan fingerprint density at radius 2 is 1.91 bits per heavy atom. The highest BCUT2D eigenvalue weighted by Crippen LogP contribution is 2.48. The Morgan fingerprint density at radius 1 is 1.15 bits per heavy atom. The van der Waals surface area contributed by atoms with Gasteiger partial charge in [-0.25, -0.2) is 9.78 Å². The van der Waals surface area contributed by atoms with Crippen molar-refractivity contribution in [2.24, 2.45) is 0 Å². The zero-order valence-electron chi connectivity index (χ0n) is 19.4. The Bertz CT molecular complexity index is 1200. The summed E-state index contributed by atoms with van der Waals surface area (Å²) in [6.07, 6.45) is 1.59. The fourth-order valence-corrected chi connectivity index (χ4v) is 4.31. The maximum atomic E-state index is 13.4. The second-order valence-corrected chi connectivity index (χ2v) is 8.32. The molecule has 0 fully saturated rings. The molecule has 1 atom stereocenters. The van der Waals surface area contributed by atoms with Crippen molar-refractivity contribution in [2.45, 2.75) is 39.7 Å². The van der Waals surface area contributed by atoms with Gasteiger partial charge in [0.25, 0.3) is 0 Å². The van der Waals surface area contributed by atoms with Crippen LogP contribution in [-0.4, -0.2) is 35.4 Å². The number of carbonyl (C=O) groups excluding carboxylic acids is 1. The first-order valence-corrected chi connectivity index (χ1v) is 11.2. The molecule has 33 heavy (non-hydrogen) atoms. The molecule has 3 aromatic rings. The second-order valence-electron chi connectivity index (χ2n) is 8.32. The van der Waals surface area contributed by atoms with Crippen molar-refractivity contribution in [3.05, 3.63) is 83.0 Å². The van der Waals surface area contributed by atoms with E-state index in [2.05, 4.69) is 28.5 Å². The lowest BCUT2D eigenvalue weighted by Crippen LogP contribution is -2.29. The largest absolute Gasteiger partial charge is 0.475 e. The monoisotopic (exact) mass is 445 g/mol. The molecule has 2 heterocycles. The Hall–Kier alpha value is -3.38. The van der Waals surface area contributed by atoms with E-state index in [-0.39, 0.29) is 19.3 Å². The Balaban J connectivity index is 2.07. The average Bonchev–Trinajstić information content (AvgIpc) is 2.82. The first-order chi connectivity index (χ1) is 16.0. The van der Waals surface area contributed by atoms with Gasteiger partial charge in [-0.05, 0) is 43.2 Å². The van der Waals surface area contributed by atoms with Crippen LogP contribution in [0.1, 0.15) is 44.7 Å². The number of aliphatic hydroxyl groups is 1. The van der Waals surface area contributed by atoms with Crippen molar-refractivity contribution < 1.29 is 19.4 Å². The molecule has 1 aliphatic heterocycles. The maximum Gasteiger partial charge on any atom is 0.336 e. The van der Waals surface area contributed by atoms with Crippen molar-refractivity contribution >= 4 is 22.4 Å². The summed E-state index contributed by atoms with van der Waals surface area (Å²) in [6.45, 7) is 7.53. The van der Waals surface area contributed by atoms with Crippen molar-refractivity contribution in [1.29, 1.82) is 0 Å². The number of anilines is 1. The van der Waals surface area contributed by atoms with Crippen molar-refractivity contribution in [3.63, 3.8) is 0 Å². The molecule has 1 aliphatic rings. The van der Waals surface area contributed by atoms with Crippen molar-refractivity contribution in [2.75, 3.05) is 18.5 Å². The highest BCUT2D eigenvalue weighted by Gasteiger charge is 2.39. The van der Waals surface area contributed by atoms with Crippen LogP contribution >= 0.6 is 0 Å². The smallest absolute Gasteiger partial charge is 0.336 e. The predicted octanol–water partition coefficient (Wildman–Crippen LogP) is 4.98. The molecule has 0 amide bonds. The lowest BCUT2D eigenvalue weighted by Gasteiger charge is -2.34. The normalized spacial score (nSPS) is 15.5. The van der Waals surface area contributed by atoms with E-state index in [0.717, 1.165) is 27.6 Å². The minimum absolute atomic E-state index is 0.0978. The average molecular weight is 446 g/mol. The van der Waals surface area contributed by atoms with Gasteiger partial charge in [-0.3, -0.25) is 0 Å². The third-order valence-corrected chi connectivity index (χ3v) is 5.70. The van der Waals surface area contributed by atoms with Gasteiger partial charge in [0.2, 0.25) is 5.88 Å². The summed E-state index contributed by atoms with van der Waals surface area (Å²) in [7, 11) is 0. The first kappa shape index (κ1) is 22.8. The van der Waals surface area contributed by atoms with Gasteiger partial charge >= 0.3 is 5.97 Å². The quantitative estimate of drug-likeness (QED) is 0.499. The topological polar surface area (TPSA) is 80.7 Å². The molecule has 1 aromatic heterocycles. The molecular formula is C27H29N2O4. The van der Waals surface area contributed by atoms with Gasteiger partial charge in [0.1, 0.15) is 0 Å². The summed E-state index contributed by atoms with van der Waals surface area (Å²) < 4.78 is 11.6. The molecule has 0 saturated carbocycles. The molecule has 1 radical (unpaired) electrons. The van der Waals surface area contributed by atoms with Crippen LogP contribution < -0.4 is 10.1 Å². The van der Waals surface area contributed by atoms with Crippen molar-refractivity contribution in [1.82, 2.24) is 4.98 Å². The second kappa shape index (κ2) is 9.63. The highest BCUT2D eigenvalue weighted by molar-refractivity contribution is 5.98. The summed E-state index contributed by atoms with van der Waals surface area (Å²) in [5.41, 5.74) is 3.52. The third kappa shape index (κ3) is 4.31. The standard InChI is InChI=1S/C27H29N2O4/c1-5-32-27(31)24-22(20-12-8-10-18-9-6-7-11-19(18)20)23-21(29-25(24)17(4)15-30)13-14-28-26(23)33-16(2)3/h6-14,16,22,29-30H,5,15H2,1-4H3. The number of pyridine rings is 1. The molecular weight excluding hydrogens is 416 g/mol. The molecule has 0 aliphatic carbocycles. The number of hydrogen-bond donors (Lipinski definition) is 2. The minimum atomic E-state index is -0.495. The number of hydrogen-bond acceptors (Lipinski definition) is 6. The van der Waals surface area contributed by atoms with Crippen LogP contribution in [0.25, 0.3) is 10.8 Å². The number of esters is 1. The summed E-state index contributed by atoms with van der Waals surface area (Å²) in [5, 5.41) is 15.4. The van der Waals surface area contributed by atoms with Crippen LogP contribution in [0, 0.1) is 5.92 Å². The molecule has 6 heteroatoms. The van der Waals surface area contributed by atoms with Gasteiger partial charge in [-0.2, -0.15) is 0 Å². The Morgan fingerprint density at radius 3 is 2.64 bits per heavy atom. The number of carbonyl (C=O) groups is 1. The molecule has 0 saturated heterocycles. The third-order valence-electron chi connectivity index (χ3n) is 5.70. The molecule has 2 aromatic carbocycles. The summed E-state index contributed by atoms with van der Waals surface area (Å²) in [6, 6.07) is 16.0. The fourth-order valence-electron chi connectivity index (χ4n) is 4.31. The van der Waals surface area contributed by atoms with Crippen molar-refractivity contribution in [3.8, 4) is 5.88 Å². The van der Waals surface area contributed by atoms with E-state index >= 15 is 0 Å². The minimum Gasteiger partial charge on any atom is -0.475 e. The van der Waals surface area contributed by atoms with Gasteiger partial charge in [0.05, 0.1) is 30.8 Å². The number of ether oxygens (including phenoxy) is 2. The number of aliphatic hydroxyl groups excluding tert-OH is 1. The number of benzene rings is 2. The zero-order chi connectivity index (χ0) is 23.5. The van der Waals surface area contributed by atoms with Crippen LogP contribution in [0.2, 0.25) is 0 Å². The van der Waals surface area contributed by atoms with Crippen LogP contribution in [-0.2, 0) is 9.53 Å². The lowest BCUT2D eigenvalue weighted by molar-refractivity contribution is -0.138. The zero-order valence-corrected chi connectivity index (χ0v) is 19.4. The molecule has 2 N–H and O–H groups in total. The van der Waals surface area contributed by atoms with E-state index in [9.17, 15) is 9.90 Å². The van der Waals surface area contributed by atoms with E-state index in [4.69, 9.17) is 9.47 Å². The fraction of sp³-hybridized carbons (Fsp3) is 0.296. The van der Waals surface area contributed by atoms with E-state index in [1.807, 2.05) is 44.2 Å². The van der Waals surface area contributed by atoms with Gasteiger partial charge in [-0.1, -0.05) is 49.4 Å². The summed E-state index contributed by atoms with van der Waals surface area (Å²) in [4.78, 5) is 17.9. The van der Waals surface area contributed by atoms with Crippen LogP contribution in [0.15, 0.2) is 66.0 Å². The van der Waals surface area contributed by atoms with E-state index in [0.29, 0.717) is 23.1 Å². The molecule has 1 unspecified atom stereocenters. The molecule has 4 rings (SSSR count). The first-order valence-electron chi connectivity index (χ1n) is 11.2. The molecule has 0 bridgehead atoms. The number of nitrogens with one attached hydrogen (secondary N) is 1. The Kier molecular flexibility index (Phi) is 6.65. The number of aromatic nitrogens is 1. The summed E-state index contributed by atoms with van der Waals surface area (Å²) >= 11 is 0. The predicted molar refractivity (Wildman–Crippen MR) is 129 cm³/mol. The van der Waals surface area contributed by atoms with E-state index < -0.39 is 11.9 Å². The SMILES string of the molecule is CCOC(=O)C1=C([C](C)CO)Nc2ccnc(OC(C)C)c2C1c1cccc2ccccc12. The van der Waals surface area contributed by atoms with Gasteiger partial charge < -0.3 is 19.9 Å². The van der Waals surface area contributed by atoms with Gasteiger partial charge in [0, 0.05) is 29.1 Å². The van der Waals surface area contributed by atoms with E-state index in [1.165, 1.54) is 0 Å². The summed E-state index contributed by atoms with van der Waals surface area (Å²) in [5.74, 6) is 0.189. The van der Waals surface area contributed by atoms with Gasteiger partial charge in [0.15, 0.2) is 0 Å². The molecule has 6 nitrogen and oxygen atoms in total. The molecule has 0 spiro atoms. The maximum absolute atomic E-state index is 13.4. The number of nitrogens with zero attached hydrogens (tertiary/aromatic N) is 1. The molecule has 171 valence electrons. The van der Waals surface area contributed by atoms with Crippen LogP contribution in [0.3, 0.4) is 0 Å². The van der Waals surface area contributed by atoms with Crippen LogP contribution in [0.4, 0.5) is 5.69 Å².